The molecule has 0 aliphatic heterocycles. The van der Waals surface area contributed by atoms with Gasteiger partial charge in [-0.05, 0) is 18.2 Å². The van der Waals surface area contributed by atoms with Crippen LogP contribution in [0.5, 0.6) is 0 Å². The third-order valence-electron chi connectivity index (χ3n) is 1.90. The molecule has 0 aliphatic carbocycles. The van der Waals surface area contributed by atoms with Crippen molar-refractivity contribution in [2.75, 3.05) is 6.54 Å². The normalized spacial score (nSPS) is 10.9. The molecule has 0 aromatic heterocycles. The molecule has 1 aromatic rings. The monoisotopic (exact) mass is 209 g/mol. The number of hydrogen-bond acceptors (Lipinski definition) is 2. The molecule has 0 heterocycles. The van der Waals surface area contributed by atoms with Gasteiger partial charge in [-0.1, -0.05) is 39.0 Å². The first-order chi connectivity index (χ1) is 6.74. The topological polar surface area (TPSA) is 12.0 Å². The summed E-state index contributed by atoms with van der Waals surface area (Å²) in [6, 6.07) is 8.63. The molecule has 0 amide bonds. The summed E-state index contributed by atoms with van der Waals surface area (Å²) in [5.74, 6) is 0. The highest BCUT2D eigenvalue weighted by molar-refractivity contribution is 8.00. The first-order valence-corrected chi connectivity index (χ1v) is 6.07. The number of nitrogens with one attached hydrogen (secondary N) is 1. The van der Waals surface area contributed by atoms with Crippen molar-refractivity contribution in [2.45, 2.75) is 37.5 Å². The summed E-state index contributed by atoms with van der Waals surface area (Å²) in [6.45, 7) is 8.61. The van der Waals surface area contributed by atoms with Crippen LogP contribution in [0.1, 0.15) is 26.3 Å². The quantitative estimate of drug-likeness (QED) is 0.747. The largest absolute Gasteiger partial charge is 0.313 e. The zero-order valence-corrected chi connectivity index (χ0v) is 10.0. The van der Waals surface area contributed by atoms with E-state index in [2.05, 4.69) is 50.4 Å². The fourth-order valence-electron chi connectivity index (χ4n) is 1.28. The molecule has 0 radical (unpaired) electrons. The Balaban J connectivity index is 2.69. The molecule has 1 nitrogen and oxygen atoms in total. The predicted molar refractivity (Wildman–Crippen MR) is 64.8 cm³/mol. The van der Waals surface area contributed by atoms with Crippen LogP contribution in [-0.2, 0) is 6.54 Å². The van der Waals surface area contributed by atoms with Gasteiger partial charge in [0.15, 0.2) is 0 Å². The third kappa shape index (κ3) is 3.72. The van der Waals surface area contributed by atoms with Crippen LogP contribution < -0.4 is 5.32 Å². The van der Waals surface area contributed by atoms with Crippen molar-refractivity contribution in [1.29, 1.82) is 0 Å². The third-order valence-corrected chi connectivity index (χ3v) is 3.02. The SMILES string of the molecule is CCNCc1ccccc1SC(C)C. The van der Waals surface area contributed by atoms with Crippen LogP contribution >= 0.6 is 11.8 Å². The second kappa shape index (κ2) is 6.10. The summed E-state index contributed by atoms with van der Waals surface area (Å²) >= 11 is 1.94. The number of thioether (sulfide) groups is 1. The maximum atomic E-state index is 3.36. The Morgan fingerprint density at radius 3 is 2.64 bits per heavy atom. The van der Waals surface area contributed by atoms with E-state index in [0.717, 1.165) is 13.1 Å². The Bertz CT molecular complexity index is 271. The molecule has 0 saturated carbocycles. The van der Waals surface area contributed by atoms with Crippen LogP contribution in [0.25, 0.3) is 0 Å². The first kappa shape index (κ1) is 11.6. The van der Waals surface area contributed by atoms with Gasteiger partial charge in [0.1, 0.15) is 0 Å². The fraction of sp³-hybridized carbons (Fsp3) is 0.500. The molecule has 0 unspecified atom stereocenters. The predicted octanol–water partition coefficient (Wildman–Crippen LogP) is 3.30. The molecule has 2 heteroatoms. The van der Waals surface area contributed by atoms with Gasteiger partial charge in [0, 0.05) is 16.7 Å². The minimum absolute atomic E-state index is 0.651. The van der Waals surface area contributed by atoms with Gasteiger partial charge in [-0.3, -0.25) is 0 Å². The lowest BCUT2D eigenvalue weighted by molar-refractivity contribution is 0.718. The second-order valence-electron chi connectivity index (χ2n) is 3.55. The lowest BCUT2D eigenvalue weighted by Gasteiger charge is -2.11. The van der Waals surface area contributed by atoms with Gasteiger partial charge in [0.2, 0.25) is 0 Å². The fourth-order valence-corrected chi connectivity index (χ4v) is 2.24. The van der Waals surface area contributed by atoms with Gasteiger partial charge in [0.05, 0.1) is 0 Å². The van der Waals surface area contributed by atoms with E-state index < -0.39 is 0 Å². The van der Waals surface area contributed by atoms with Crippen LogP contribution in [0.15, 0.2) is 29.2 Å². The summed E-state index contributed by atoms with van der Waals surface area (Å²) in [6.07, 6.45) is 0. The smallest absolute Gasteiger partial charge is 0.0216 e. The van der Waals surface area contributed by atoms with Crippen LogP contribution in [0.4, 0.5) is 0 Å². The number of rotatable bonds is 5. The van der Waals surface area contributed by atoms with Crippen molar-refractivity contribution in [2.24, 2.45) is 0 Å². The first-order valence-electron chi connectivity index (χ1n) is 5.19. The zero-order valence-electron chi connectivity index (χ0n) is 9.21. The molecular formula is C12H19NS. The van der Waals surface area contributed by atoms with Crippen molar-refractivity contribution in [3.8, 4) is 0 Å². The second-order valence-corrected chi connectivity index (χ2v) is 5.17. The highest BCUT2D eigenvalue weighted by Crippen LogP contribution is 2.26. The molecule has 1 aromatic carbocycles. The standard InChI is InChI=1S/C12H19NS/c1-4-13-9-11-7-5-6-8-12(11)14-10(2)3/h5-8,10,13H,4,9H2,1-3H3. The molecule has 0 bridgehead atoms. The van der Waals surface area contributed by atoms with E-state index in [4.69, 9.17) is 0 Å². The molecule has 1 rings (SSSR count). The van der Waals surface area contributed by atoms with Gasteiger partial charge in [0.25, 0.3) is 0 Å². The maximum absolute atomic E-state index is 3.36. The average molecular weight is 209 g/mol. The maximum Gasteiger partial charge on any atom is 0.0216 e. The average Bonchev–Trinajstić information content (AvgIpc) is 2.16. The number of hydrogen-bond donors (Lipinski definition) is 1. The highest BCUT2D eigenvalue weighted by atomic mass is 32.2. The molecule has 0 saturated heterocycles. The van der Waals surface area contributed by atoms with E-state index in [9.17, 15) is 0 Å². The lowest BCUT2D eigenvalue weighted by atomic mass is 10.2. The number of benzene rings is 1. The molecule has 0 spiro atoms. The van der Waals surface area contributed by atoms with E-state index >= 15 is 0 Å². The summed E-state index contributed by atoms with van der Waals surface area (Å²) in [4.78, 5) is 1.41. The van der Waals surface area contributed by atoms with Gasteiger partial charge in [-0.25, -0.2) is 0 Å². The van der Waals surface area contributed by atoms with Crippen molar-refractivity contribution >= 4 is 11.8 Å². The van der Waals surface area contributed by atoms with Crippen LogP contribution in [0.2, 0.25) is 0 Å². The minimum atomic E-state index is 0.651. The van der Waals surface area contributed by atoms with Crippen molar-refractivity contribution < 1.29 is 0 Å². The van der Waals surface area contributed by atoms with Gasteiger partial charge in [-0.15, -0.1) is 11.8 Å². The highest BCUT2D eigenvalue weighted by Gasteiger charge is 2.03. The zero-order chi connectivity index (χ0) is 10.4. The lowest BCUT2D eigenvalue weighted by Crippen LogP contribution is -2.12. The molecule has 78 valence electrons. The molecule has 1 N–H and O–H groups in total. The molecule has 0 fully saturated rings. The van der Waals surface area contributed by atoms with Gasteiger partial charge >= 0.3 is 0 Å². The van der Waals surface area contributed by atoms with E-state index in [1.54, 1.807) is 0 Å². The van der Waals surface area contributed by atoms with E-state index in [1.807, 2.05) is 11.8 Å². The molecule has 0 atom stereocenters. The van der Waals surface area contributed by atoms with Gasteiger partial charge < -0.3 is 5.32 Å². The molecular weight excluding hydrogens is 190 g/mol. The molecule has 14 heavy (non-hydrogen) atoms. The van der Waals surface area contributed by atoms with Crippen molar-refractivity contribution in [3.05, 3.63) is 29.8 Å². The van der Waals surface area contributed by atoms with Crippen LogP contribution in [0, 0.1) is 0 Å². The Morgan fingerprint density at radius 2 is 2.00 bits per heavy atom. The van der Waals surface area contributed by atoms with Gasteiger partial charge in [-0.2, -0.15) is 0 Å². The van der Waals surface area contributed by atoms with Crippen LogP contribution in [-0.4, -0.2) is 11.8 Å². The summed E-state index contributed by atoms with van der Waals surface area (Å²) in [5.41, 5.74) is 1.41. The summed E-state index contributed by atoms with van der Waals surface area (Å²) in [7, 11) is 0. The molecule has 0 aliphatic rings. The van der Waals surface area contributed by atoms with E-state index in [-0.39, 0.29) is 0 Å². The Labute approximate surface area is 91.3 Å². The van der Waals surface area contributed by atoms with Crippen molar-refractivity contribution in [3.63, 3.8) is 0 Å². The minimum Gasteiger partial charge on any atom is -0.313 e. The Hall–Kier alpha value is -0.470. The summed E-state index contributed by atoms with van der Waals surface area (Å²) < 4.78 is 0. The van der Waals surface area contributed by atoms with E-state index in [1.165, 1.54) is 10.5 Å². The Kier molecular flexibility index (Phi) is 5.05. The van der Waals surface area contributed by atoms with Crippen molar-refractivity contribution in [1.82, 2.24) is 5.32 Å². The summed E-state index contributed by atoms with van der Waals surface area (Å²) in [5, 5.41) is 4.02. The van der Waals surface area contributed by atoms with Crippen LogP contribution in [0.3, 0.4) is 0 Å². The van der Waals surface area contributed by atoms with E-state index in [0.29, 0.717) is 5.25 Å². The Morgan fingerprint density at radius 1 is 1.29 bits per heavy atom.